The predicted molar refractivity (Wildman–Crippen MR) is 180 cm³/mol. The van der Waals surface area contributed by atoms with Gasteiger partial charge in [-0.1, -0.05) is 107 Å². The molecule has 45 heavy (non-hydrogen) atoms. The summed E-state index contributed by atoms with van der Waals surface area (Å²) in [6, 6.07) is 32.8. The van der Waals surface area contributed by atoms with Crippen LogP contribution >= 0.6 is 23.2 Å². The maximum Gasteiger partial charge on any atom is 0.274 e. The number of aromatic nitrogens is 4. The maximum absolute atomic E-state index is 14.3. The smallest absolute Gasteiger partial charge is 0.274 e. The number of amides is 1. The van der Waals surface area contributed by atoms with Crippen molar-refractivity contribution in [2.75, 3.05) is 5.32 Å². The molecule has 7 nitrogen and oxygen atoms in total. The first-order valence-electron chi connectivity index (χ1n) is 14.4. The number of carbonyl (C=O) groups is 1. The molecule has 7 rings (SSSR count). The molecule has 0 fully saturated rings. The molecule has 7 aromatic rings. The zero-order valence-electron chi connectivity index (χ0n) is 24.4. The summed E-state index contributed by atoms with van der Waals surface area (Å²) >= 11 is 12.7. The SMILES string of the molecule is Cc1onc(NC(=O)c2[nH]c3cc(Cl)ccc3c2-c2c(-c3ccccc3)ncn2C(C)c2ccc(Cl)cc2)c1-c1ccccc1. The quantitative estimate of drug-likeness (QED) is 0.183. The van der Waals surface area contributed by atoms with Crippen molar-refractivity contribution in [2.45, 2.75) is 19.9 Å². The molecule has 0 saturated heterocycles. The van der Waals surface area contributed by atoms with Crippen LogP contribution in [0, 0.1) is 6.92 Å². The van der Waals surface area contributed by atoms with Crippen LogP contribution < -0.4 is 5.32 Å². The van der Waals surface area contributed by atoms with E-state index in [0.717, 1.165) is 39.0 Å². The van der Waals surface area contributed by atoms with Gasteiger partial charge in [-0.25, -0.2) is 4.98 Å². The van der Waals surface area contributed by atoms with Gasteiger partial charge in [0.1, 0.15) is 11.5 Å². The number of hydrogen-bond acceptors (Lipinski definition) is 4. The first-order chi connectivity index (χ1) is 21.9. The highest BCUT2D eigenvalue weighted by Gasteiger charge is 2.29. The van der Waals surface area contributed by atoms with Gasteiger partial charge in [0.2, 0.25) is 0 Å². The van der Waals surface area contributed by atoms with Crippen LogP contribution in [0.5, 0.6) is 0 Å². The van der Waals surface area contributed by atoms with E-state index < -0.39 is 0 Å². The molecule has 222 valence electrons. The Morgan fingerprint density at radius 1 is 0.867 bits per heavy atom. The van der Waals surface area contributed by atoms with Crippen molar-refractivity contribution in [1.82, 2.24) is 19.7 Å². The van der Waals surface area contributed by atoms with Crippen LogP contribution in [0.3, 0.4) is 0 Å². The van der Waals surface area contributed by atoms with E-state index in [9.17, 15) is 4.79 Å². The number of nitrogens with one attached hydrogen (secondary N) is 2. The third-order valence-corrected chi connectivity index (χ3v) is 8.48. The molecule has 0 bridgehead atoms. The first kappa shape index (κ1) is 28.6. The van der Waals surface area contributed by atoms with Crippen LogP contribution in [0.1, 0.15) is 34.8 Å². The van der Waals surface area contributed by atoms with Crippen molar-refractivity contribution in [3.63, 3.8) is 0 Å². The molecule has 0 aliphatic carbocycles. The van der Waals surface area contributed by atoms with Crippen molar-refractivity contribution in [3.8, 4) is 33.6 Å². The van der Waals surface area contributed by atoms with E-state index >= 15 is 0 Å². The number of nitrogens with zero attached hydrogens (tertiary/aromatic N) is 3. The molecule has 0 radical (unpaired) electrons. The lowest BCUT2D eigenvalue weighted by atomic mass is 9.99. The highest BCUT2D eigenvalue weighted by atomic mass is 35.5. The fourth-order valence-corrected chi connectivity index (χ4v) is 6.07. The third-order valence-electron chi connectivity index (χ3n) is 7.99. The molecule has 0 aliphatic rings. The summed E-state index contributed by atoms with van der Waals surface area (Å²) in [5.41, 5.74) is 6.83. The standard InChI is InChI=1S/C36H27Cl2N5O2/c1-21(23-13-15-26(37)16-14-23)43-20-39-32(25-11-7-4-8-12-25)34(43)31-28-18-17-27(38)19-29(28)40-33(31)36(44)41-35-30(22(2)45-42-35)24-9-5-3-6-10-24/h3-21,40H,1-2H3,(H,41,42,44). The summed E-state index contributed by atoms with van der Waals surface area (Å²) in [7, 11) is 0. The minimum absolute atomic E-state index is 0.140. The number of carbonyl (C=O) groups excluding carboxylic acids is 1. The number of H-pyrrole nitrogens is 1. The summed E-state index contributed by atoms with van der Waals surface area (Å²) in [5, 5.41) is 9.26. The number of hydrogen-bond donors (Lipinski definition) is 2. The minimum Gasteiger partial charge on any atom is -0.359 e. The Kier molecular flexibility index (Phi) is 7.49. The highest BCUT2D eigenvalue weighted by molar-refractivity contribution is 6.31. The lowest BCUT2D eigenvalue weighted by molar-refractivity contribution is 0.102. The van der Waals surface area contributed by atoms with Gasteiger partial charge in [-0.15, -0.1) is 0 Å². The molecular formula is C36H27Cl2N5O2. The van der Waals surface area contributed by atoms with Crippen molar-refractivity contribution in [1.29, 1.82) is 0 Å². The van der Waals surface area contributed by atoms with Gasteiger partial charge in [-0.05, 0) is 49.2 Å². The fraction of sp³-hybridized carbons (Fsp3) is 0.0833. The van der Waals surface area contributed by atoms with Crippen molar-refractivity contribution in [3.05, 3.63) is 137 Å². The van der Waals surface area contributed by atoms with Crippen molar-refractivity contribution < 1.29 is 9.32 Å². The van der Waals surface area contributed by atoms with Crippen LogP contribution in [0.4, 0.5) is 5.82 Å². The van der Waals surface area contributed by atoms with Crippen LogP contribution in [0.25, 0.3) is 44.5 Å². The Morgan fingerprint density at radius 2 is 1.53 bits per heavy atom. The van der Waals surface area contributed by atoms with Crippen LogP contribution in [-0.2, 0) is 0 Å². The second-order valence-electron chi connectivity index (χ2n) is 10.8. The van der Waals surface area contributed by atoms with Gasteiger partial charge in [0, 0.05) is 32.1 Å². The Hall–Kier alpha value is -5.11. The molecule has 0 aliphatic heterocycles. The van der Waals surface area contributed by atoms with E-state index in [1.807, 2.05) is 116 Å². The lowest BCUT2D eigenvalue weighted by Gasteiger charge is -2.19. The van der Waals surface area contributed by atoms with Gasteiger partial charge < -0.3 is 19.4 Å². The number of aryl methyl sites for hydroxylation is 1. The Bertz CT molecular complexity index is 2150. The summed E-state index contributed by atoms with van der Waals surface area (Å²) < 4.78 is 7.63. The molecule has 1 amide bonds. The molecule has 3 heterocycles. The molecule has 3 aromatic heterocycles. The molecule has 1 unspecified atom stereocenters. The molecule has 1 atom stereocenters. The van der Waals surface area contributed by atoms with Crippen LogP contribution in [0.2, 0.25) is 10.0 Å². The van der Waals surface area contributed by atoms with Crippen molar-refractivity contribution in [2.24, 2.45) is 0 Å². The van der Waals surface area contributed by atoms with E-state index in [-0.39, 0.29) is 11.9 Å². The van der Waals surface area contributed by atoms with E-state index in [1.165, 1.54) is 0 Å². The predicted octanol–water partition coefficient (Wildman–Crippen LogP) is 9.83. The Balaban J connectivity index is 1.43. The lowest BCUT2D eigenvalue weighted by Crippen LogP contribution is -2.15. The first-order valence-corrected chi connectivity index (χ1v) is 15.2. The zero-order chi connectivity index (χ0) is 31.1. The molecule has 0 saturated carbocycles. The van der Waals surface area contributed by atoms with E-state index in [0.29, 0.717) is 38.4 Å². The summed E-state index contributed by atoms with van der Waals surface area (Å²) in [4.78, 5) is 22.6. The minimum atomic E-state index is -0.381. The average Bonchev–Trinajstić information content (AvgIpc) is 3.76. The summed E-state index contributed by atoms with van der Waals surface area (Å²) in [6.07, 6.45) is 1.82. The number of halogens is 2. The van der Waals surface area contributed by atoms with Gasteiger partial charge in [-0.2, -0.15) is 0 Å². The Morgan fingerprint density at radius 3 is 2.24 bits per heavy atom. The van der Waals surface area contributed by atoms with Gasteiger partial charge in [0.15, 0.2) is 5.82 Å². The summed E-state index contributed by atoms with van der Waals surface area (Å²) in [5.74, 6) is 0.549. The zero-order valence-corrected chi connectivity index (χ0v) is 25.9. The third kappa shape index (κ3) is 5.30. The number of benzene rings is 4. The largest absolute Gasteiger partial charge is 0.359 e. The number of rotatable bonds is 7. The topological polar surface area (TPSA) is 88.7 Å². The summed E-state index contributed by atoms with van der Waals surface area (Å²) in [6.45, 7) is 3.92. The van der Waals surface area contributed by atoms with Crippen molar-refractivity contribution >= 4 is 45.8 Å². The normalized spacial score (nSPS) is 12.0. The molecule has 4 aromatic carbocycles. The molecular weight excluding hydrogens is 605 g/mol. The molecule has 0 spiro atoms. The van der Waals surface area contributed by atoms with E-state index in [4.69, 9.17) is 32.7 Å². The van der Waals surface area contributed by atoms with Gasteiger partial charge in [-0.3, -0.25) is 4.79 Å². The number of anilines is 1. The second-order valence-corrected chi connectivity index (χ2v) is 11.7. The van der Waals surface area contributed by atoms with Gasteiger partial charge >= 0.3 is 0 Å². The van der Waals surface area contributed by atoms with E-state index in [2.05, 4.69) is 26.9 Å². The van der Waals surface area contributed by atoms with E-state index in [1.54, 1.807) is 0 Å². The number of aromatic amines is 1. The maximum atomic E-state index is 14.3. The van der Waals surface area contributed by atoms with Gasteiger partial charge in [0.25, 0.3) is 5.91 Å². The number of imidazole rings is 1. The monoisotopic (exact) mass is 631 g/mol. The average molecular weight is 633 g/mol. The van der Waals surface area contributed by atoms with Crippen LogP contribution in [0.15, 0.2) is 114 Å². The molecule has 9 heteroatoms. The molecule has 2 N–H and O–H groups in total. The Labute approximate surface area is 269 Å². The second kappa shape index (κ2) is 11.8. The highest BCUT2D eigenvalue weighted by Crippen LogP contribution is 2.42. The van der Waals surface area contributed by atoms with Gasteiger partial charge in [0.05, 0.1) is 29.3 Å². The fourth-order valence-electron chi connectivity index (χ4n) is 5.77. The number of fused-ring (bicyclic) bond motifs is 1. The van der Waals surface area contributed by atoms with Crippen LogP contribution in [-0.4, -0.2) is 25.6 Å².